The Hall–Kier alpha value is -1.51. The van der Waals surface area contributed by atoms with E-state index >= 15 is 0 Å². The van der Waals surface area contributed by atoms with Crippen LogP contribution in [0.4, 0.5) is 0 Å². The molecule has 1 heterocycles. The van der Waals surface area contributed by atoms with E-state index in [2.05, 4.69) is 4.99 Å². The molecule has 5 atom stereocenters. The van der Waals surface area contributed by atoms with Gasteiger partial charge in [0.1, 0.15) is 30.1 Å². The number of methoxy groups -OCH3 is 1. The molecule has 0 bridgehead atoms. The second-order valence-electron chi connectivity index (χ2n) is 4.77. The van der Waals surface area contributed by atoms with Crippen molar-refractivity contribution in [2.45, 2.75) is 30.6 Å². The van der Waals surface area contributed by atoms with Gasteiger partial charge in [-0.25, -0.2) is 0 Å². The molecule has 0 spiro atoms. The molecule has 0 aliphatic carbocycles. The van der Waals surface area contributed by atoms with Crippen LogP contribution in [0.25, 0.3) is 0 Å². The van der Waals surface area contributed by atoms with E-state index in [-0.39, 0.29) is 0 Å². The molecule has 0 radical (unpaired) electrons. The summed E-state index contributed by atoms with van der Waals surface area (Å²) in [6.07, 6.45) is -3.58. The molecule has 2 rings (SSSR count). The summed E-state index contributed by atoms with van der Waals surface area (Å²) in [6, 6.07) is 6.00. The molecule has 1 aromatic rings. The second kappa shape index (κ2) is 6.97. The van der Waals surface area contributed by atoms with Gasteiger partial charge in [-0.3, -0.25) is 4.99 Å². The molecule has 0 amide bonds. The third kappa shape index (κ3) is 3.58. The fourth-order valence-electron chi connectivity index (χ4n) is 2.11. The van der Waals surface area contributed by atoms with Gasteiger partial charge < -0.3 is 29.9 Å². The zero-order valence-electron chi connectivity index (χ0n) is 11.5. The third-order valence-corrected chi connectivity index (χ3v) is 3.38. The Bertz CT molecular complexity index is 477. The maximum Gasteiger partial charge on any atom is 0.180 e. The molecule has 7 heteroatoms. The summed E-state index contributed by atoms with van der Waals surface area (Å²) in [5.74, 6) is 0.703. The molecule has 0 aromatic heterocycles. The number of aliphatic imine (C=N–C) groups is 1. The number of benzene rings is 1. The van der Waals surface area contributed by atoms with Gasteiger partial charge in [-0.1, -0.05) is 0 Å². The van der Waals surface area contributed by atoms with Gasteiger partial charge in [0.2, 0.25) is 0 Å². The maximum absolute atomic E-state index is 9.93. The first kappa shape index (κ1) is 15.9. The Balaban J connectivity index is 2.08. The van der Waals surface area contributed by atoms with Gasteiger partial charge in [0.05, 0.1) is 13.7 Å². The Morgan fingerprint density at radius 3 is 2.43 bits per heavy atom. The van der Waals surface area contributed by atoms with Crippen molar-refractivity contribution in [3.63, 3.8) is 0 Å². The molecule has 0 unspecified atom stereocenters. The molecule has 1 aliphatic heterocycles. The van der Waals surface area contributed by atoms with Crippen molar-refractivity contribution < 1.29 is 29.9 Å². The van der Waals surface area contributed by atoms with Gasteiger partial charge in [-0.05, 0) is 29.8 Å². The lowest BCUT2D eigenvalue weighted by Crippen LogP contribution is -2.57. The number of aliphatic hydroxyl groups excluding tert-OH is 4. The lowest BCUT2D eigenvalue weighted by molar-refractivity contribution is -0.248. The summed E-state index contributed by atoms with van der Waals surface area (Å²) in [5.41, 5.74) is 0.744. The van der Waals surface area contributed by atoms with Crippen LogP contribution in [0.1, 0.15) is 5.56 Å². The number of nitrogens with zero attached hydrogens (tertiary/aromatic N) is 1. The van der Waals surface area contributed by atoms with E-state index in [0.717, 1.165) is 5.56 Å². The van der Waals surface area contributed by atoms with Crippen molar-refractivity contribution in [3.8, 4) is 5.75 Å². The molecule has 116 valence electrons. The fraction of sp³-hybridized carbons (Fsp3) is 0.500. The Morgan fingerprint density at radius 2 is 1.86 bits per heavy atom. The lowest BCUT2D eigenvalue weighted by atomic mass is 9.97. The molecule has 1 fully saturated rings. The first-order valence-corrected chi connectivity index (χ1v) is 6.54. The highest BCUT2D eigenvalue weighted by atomic mass is 16.6. The first-order valence-electron chi connectivity index (χ1n) is 6.54. The van der Waals surface area contributed by atoms with Gasteiger partial charge in [-0.2, -0.15) is 0 Å². The number of rotatable bonds is 4. The molecule has 4 N–H and O–H groups in total. The smallest absolute Gasteiger partial charge is 0.180 e. The Morgan fingerprint density at radius 1 is 1.19 bits per heavy atom. The van der Waals surface area contributed by atoms with Crippen LogP contribution < -0.4 is 4.74 Å². The van der Waals surface area contributed by atoms with Crippen molar-refractivity contribution in [3.05, 3.63) is 29.8 Å². The van der Waals surface area contributed by atoms with Gasteiger partial charge in [0, 0.05) is 6.21 Å². The number of ether oxygens (including phenoxy) is 2. The van der Waals surface area contributed by atoms with Gasteiger partial charge >= 0.3 is 0 Å². The standard InChI is InChI=1S/C14H19NO6/c1-20-9-4-2-8(3-5-9)6-15-11-13(18)12(17)10(7-16)21-14(11)19/h2-6,10-14,16-19H,7H2,1H3/t10-,11-,12-,13-,14-/m1/s1. The molecular formula is C14H19NO6. The predicted molar refractivity (Wildman–Crippen MR) is 74.4 cm³/mol. The van der Waals surface area contributed by atoms with Crippen LogP contribution in [-0.4, -0.2) is 71.0 Å². The zero-order valence-corrected chi connectivity index (χ0v) is 11.5. The van der Waals surface area contributed by atoms with Crippen LogP contribution in [0.3, 0.4) is 0 Å². The molecule has 1 saturated heterocycles. The monoisotopic (exact) mass is 297 g/mol. The molecule has 0 saturated carbocycles. The Kier molecular flexibility index (Phi) is 5.27. The average molecular weight is 297 g/mol. The SMILES string of the molecule is COc1ccc(C=N[C@@H]2[C@@H](O)[C@H](O)[C@@H](CO)O[C@H]2O)cc1. The van der Waals surface area contributed by atoms with Gasteiger partial charge in [0.15, 0.2) is 6.29 Å². The van der Waals surface area contributed by atoms with E-state index in [0.29, 0.717) is 5.75 Å². The average Bonchev–Trinajstić information content (AvgIpc) is 2.51. The minimum Gasteiger partial charge on any atom is -0.497 e. The van der Waals surface area contributed by atoms with Crippen LogP contribution in [0, 0.1) is 0 Å². The van der Waals surface area contributed by atoms with E-state index in [1.165, 1.54) is 6.21 Å². The van der Waals surface area contributed by atoms with Crippen LogP contribution in [0.2, 0.25) is 0 Å². The van der Waals surface area contributed by atoms with Crippen molar-refractivity contribution >= 4 is 6.21 Å². The van der Waals surface area contributed by atoms with Crippen molar-refractivity contribution in [1.82, 2.24) is 0 Å². The highest BCUT2D eigenvalue weighted by molar-refractivity contribution is 5.79. The number of aliphatic hydroxyl groups is 4. The first-order chi connectivity index (χ1) is 10.1. The number of hydrogen-bond donors (Lipinski definition) is 4. The van der Waals surface area contributed by atoms with E-state index in [4.69, 9.17) is 14.6 Å². The van der Waals surface area contributed by atoms with Crippen molar-refractivity contribution in [2.24, 2.45) is 4.99 Å². The third-order valence-electron chi connectivity index (χ3n) is 3.38. The molecule has 7 nitrogen and oxygen atoms in total. The van der Waals surface area contributed by atoms with Crippen LogP contribution in [-0.2, 0) is 4.74 Å². The van der Waals surface area contributed by atoms with E-state index in [1.54, 1.807) is 31.4 Å². The van der Waals surface area contributed by atoms with Crippen LogP contribution in [0.5, 0.6) is 5.75 Å². The van der Waals surface area contributed by atoms with Crippen LogP contribution >= 0.6 is 0 Å². The van der Waals surface area contributed by atoms with Crippen molar-refractivity contribution in [2.75, 3.05) is 13.7 Å². The maximum atomic E-state index is 9.93. The van der Waals surface area contributed by atoms with E-state index in [9.17, 15) is 15.3 Å². The second-order valence-corrected chi connectivity index (χ2v) is 4.77. The Labute approximate surface area is 122 Å². The minimum atomic E-state index is -1.39. The summed E-state index contributed by atoms with van der Waals surface area (Å²) in [5, 5.41) is 38.5. The van der Waals surface area contributed by atoms with Gasteiger partial charge in [-0.15, -0.1) is 0 Å². The molecule has 1 aromatic carbocycles. The molecular weight excluding hydrogens is 278 g/mol. The fourth-order valence-corrected chi connectivity index (χ4v) is 2.11. The minimum absolute atomic E-state index is 0.496. The zero-order chi connectivity index (χ0) is 15.4. The van der Waals surface area contributed by atoms with E-state index in [1.807, 2.05) is 0 Å². The largest absolute Gasteiger partial charge is 0.497 e. The summed E-state index contributed by atoms with van der Waals surface area (Å²) in [7, 11) is 1.56. The predicted octanol–water partition coefficient (Wildman–Crippen LogP) is -1.09. The topological polar surface area (TPSA) is 112 Å². The van der Waals surface area contributed by atoms with Crippen LogP contribution in [0.15, 0.2) is 29.3 Å². The quantitative estimate of drug-likeness (QED) is 0.526. The summed E-state index contributed by atoms with van der Waals surface area (Å²) >= 11 is 0. The molecule has 21 heavy (non-hydrogen) atoms. The van der Waals surface area contributed by atoms with Gasteiger partial charge in [0.25, 0.3) is 0 Å². The summed E-state index contributed by atoms with van der Waals surface area (Å²) < 4.78 is 10.1. The number of hydrogen-bond acceptors (Lipinski definition) is 7. The normalized spacial score (nSPS) is 33.3. The highest BCUT2D eigenvalue weighted by Gasteiger charge is 2.43. The van der Waals surface area contributed by atoms with Crippen molar-refractivity contribution in [1.29, 1.82) is 0 Å². The summed E-state index contributed by atoms with van der Waals surface area (Å²) in [6.45, 7) is -0.496. The summed E-state index contributed by atoms with van der Waals surface area (Å²) in [4.78, 5) is 4.06. The van der Waals surface area contributed by atoms with E-state index < -0.39 is 37.3 Å². The molecule has 1 aliphatic rings. The highest BCUT2D eigenvalue weighted by Crippen LogP contribution is 2.22. The lowest BCUT2D eigenvalue weighted by Gasteiger charge is -2.38.